The highest BCUT2D eigenvalue weighted by atomic mass is 79.9. The Morgan fingerprint density at radius 2 is 1.70 bits per heavy atom. The molecule has 10 heavy (non-hydrogen) atoms. The molecular weight excluding hydrogens is 210 g/mol. The number of rotatable bonds is 0. The molecule has 0 N–H and O–H groups in total. The second kappa shape index (κ2) is 6.66. The second-order valence-corrected chi connectivity index (χ2v) is 2.51. The Bertz CT molecular complexity index is 205. The topological polar surface area (TPSA) is 23.8 Å². The molecule has 1 aromatic carbocycles. The van der Waals surface area contributed by atoms with Crippen LogP contribution in [0.4, 0.5) is 0 Å². The zero-order valence-electron chi connectivity index (χ0n) is 5.16. The van der Waals surface area contributed by atoms with E-state index in [2.05, 4.69) is 28.6 Å². The number of thiol groups is 1. The average molecular weight is 216 g/mol. The Kier molecular flexibility index (Phi) is 6.35. The third kappa shape index (κ3) is 5.67. The minimum absolute atomic E-state index is 1.13. The van der Waals surface area contributed by atoms with Crippen LogP contribution in [0.5, 0.6) is 0 Å². The molecule has 1 aromatic rings. The summed E-state index contributed by atoms with van der Waals surface area (Å²) in [5.74, 6) is 0. The van der Waals surface area contributed by atoms with Crippen molar-refractivity contribution in [1.82, 2.24) is 0 Å². The van der Waals surface area contributed by atoms with Gasteiger partial charge in [0.05, 0.1) is 0 Å². The molecule has 0 heterocycles. The summed E-state index contributed by atoms with van der Waals surface area (Å²) >= 11 is 6.41. The molecule has 0 bridgehead atoms. The smallest absolute Gasteiger partial charge is 0.130 e. The highest BCUT2D eigenvalue weighted by Gasteiger charge is 1.74. The van der Waals surface area contributed by atoms with Crippen molar-refractivity contribution in [3.05, 3.63) is 34.8 Å². The quantitative estimate of drug-likeness (QED) is 0.523. The molecule has 0 amide bonds. The van der Waals surface area contributed by atoms with Crippen LogP contribution in [0.15, 0.2) is 34.8 Å². The summed E-state index contributed by atoms with van der Waals surface area (Å²) in [5, 5.41) is 8.63. The SMILES string of the molecule is Brc1ccccc1.N#CS. The molecule has 3 heteroatoms. The summed E-state index contributed by atoms with van der Waals surface area (Å²) < 4.78 is 1.13. The Labute approximate surface area is 74.2 Å². The third-order valence-corrected chi connectivity index (χ3v) is 1.26. The molecule has 0 unspecified atom stereocenters. The van der Waals surface area contributed by atoms with Gasteiger partial charge in [-0.25, -0.2) is 0 Å². The molecule has 0 aromatic heterocycles. The normalized spacial score (nSPS) is 6.90. The van der Waals surface area contributed by atoms with Gasteiger partial charge in [0.25, 0.3) is 0 Å². The van der Waals surface area contributed by atoms with Gasteiger partial charge in [-0.1, -0.05) is 46.8 Å². The highest BCUT2D eigenvalue weighted by molar-refractivity contribution is 9.10. The molecule has 0 saturated heterocycles. The number of thiocyanates is 1. The zero-order valence-corrected chi connectivity index (χ0v) is 7.64. The lowest BCUT2D eigenvalue weighted by Gasteiger charge is -1.80. The molecule has 0 atom stereocenters. The first-order chi connectivity index (χ1) is 4.81. The predicted molar refractivity (Wildman–Crippen MR) is 48.7 cm³/mol. The zero-order chi connectivity index (χ0) is 7.82. The van der Waals surface area contributed by atoms with Crippen molar-refractivity contribution < 1.29 is 0 Å². The summed E-state index contributed by atoms with van der Waals surface area (Å²) in [6.45, 7) is 0. The lowest BCUT2D eigenvalue weighted by Crippen LogP contribution is -1.55. The van der Waals surface area contributed by atoms with Crippen molar-refractivity contribution in [2.24, 2.45) is 0 Å². The Hall–Kier alpha value is -0.460. The first-order valence-electron chi connectivity index (χ1n) is 2.55. The fraction of sp³-hybridized carbons (Fsp3) is 0. The Balaban J connectivity index is 0.000000236. The predicted octanol–water partition coefficient (Wildman–Crippen LogP) is 2.85. The molecule has 1 rings (SSSR count). The molecule has 0 aliphatic rings. The minimum Gasteiger partial charge on any atom is -0.185 e. The van der Waals surface area contributed by atoms with Gasteiger partial charge in [0.2, 0.25) is 0 Å². The van der Waals surface area contributed by atoms with Crippen LogP contribution >= 0.6 is 28.6 Å². The van der Waals surface area contributed by atoms with E-state index in [1.807, 2.05) is 30.3 Å². The summed E-state index contributed by atoms with van der Waals surface area (Å²) in [5.41, 5.74) is 0. The minimum atomic E-state index is 1.13. The maximum atomic E-state index is 7.18. The summed E-state index contributed by atoms with van der Waals surface area (Å²) in [7, 11) is 0. The molecule has 1 nitrogen and oxygen atoms in total. The van der Waals surface area contributed by atoms with Crippen LogP contribution in [-0.2, 0) is 0 Å². The lowest BCUT2D eigenvalue weighted by atomic mass is 10.4. The third-order valence-electron chi connectivity index (χ3n) is 0.733. The van der Waals surface area contributed by atoms with E-state index in [9.17, 15) is 0 Å². The van der Waals surface area contributed by atoms with Crippen LogP contribution in [0.25, 0.3) is 0 Å². The highest BCUT2D eigenvalue weighted by Crippen LogP contribution is 2.05. The van der Waals surface area contributed by atoms with Crippen molar-refractivity contribution in [1.29, 1.82) is 5.26 Å². The van der Waals surface area contributed by atoms with Crippen LogP contribution in [0, 0.1) is 10.7 Å². The maximum absolute atomic E-state index is 7.18. The van der Waals surface area contributed by atoms with E-state index in [1.165, 1.54) is 5.40 Å². The van der Waals surface area contributed by atoms with Crippen molar-refractivity contribution in [3.63, 3.8) is 0 Å². The van der Waals surface area contributed by atoms with Gasteiger partial charge in [-0.2, -0.15) is 5.26 Å². The van der Waals surface area contributed by atoms with Crippen LogP contribution in [0.1, 0.15) is 0 Å². The number of halogens is 1. The molecule has 0 aliphatic heterocycles. The van der Waals surface area contributed by atoms with Crippen LogP contribution in [-0.4, -0.2) is 0 Å². The van der Waals surface area contributed by atoms with Gasteiger partial charge in [-0.05, 0) is 12.1 Å². The van der Waals surface area contributed by atoms with E-state index in [-0.39, 0.29) is 0 Å². The second-order valence-electron chi connectivity index (χ2n) is 1.40. The molecule has 0 aliphatic carbocycles. The number of hydrogen-bond donors (Lipinski definition) is 1. The molecular formula is C7H6BrNS. The van der Waals surface area contributed by atoms with Gasteiger partial charge in [0.15, 0.2) is 0 Å². The van der Waals surface area contributed by atoms with E-state index in [0.717, 1.165) is 4.47 Å². The van der Waals surface area contributed by atoms with Crippen LogP contribution < -0.4 is 0 Å². The van der Waals surface area contributed by atoms with E-state index in [4.69, 9.17) is 5.26 Å². The van der Waals surface area contributed by atoms with Crippen molar-refractivity contribution >= 4 is 28.6 Å². The molecule has 52 valence electrons. The Morgan fingerprint density at radius 3 is 1.90 bits per heavy atom. The van der Waals surface area contributed by atoms with Crippen LogP contribution in [0.3, 0.4) is 0 Å². The van der Waals surface area contributed by atoms with Gasteiger partial charge in [-0.15, -0.1) is 0 Å². The average Bonchev–Trinajstić information content (AvgIpc) is 1.91. The van der Waals surface area contributed by atoms with Gasteiger partial charge >= 0.3 is 0 Å². The summed E-state index contributed by atoms with van der Waals surface area (Å²) in [6.07, 6.45) is 0. The van der Waals surface area contributed by atoms with Crippen molar-refractivity contribution in [2.75, 3.05) is 0 Å². The van der Waals surface area contributed by atoms with E-state index >= 15 is 0 Å². The Morgan fingerprint density at radius 1 is 1.30 bits per heavy atom. The largest absolute Gasteiger partial charge is 0.185 e. The van der Waals surface area contributed by atoms with Crippen molar-refractivity contribution in [3.8, 4) is 5.40 Å². The molecule has 0 spiro atoms. The van der Waals surface area contributed by atoms with Gasteiger partial charge < -0.3 is 0 Å². The fourth-order valence-corrected chi connectivity index (χ4v) is 0.720. The van der Waals surface area contributed by atoms with E-state index in [1.54, 1.807) is 0 Å². The monoisotopic (exact) mass is 215 g/mol. The first-order valence-corrected chi connectivity index (χ1v) is 3.79. The van der Waals surface area contributed by atoms with Crippen molar-refractivity contribution in [2.45, 2.75) is 0 Å². The number of nitriles is 1. The summed E-state index contributed by atoms with van der Waals surface area (Å²) in [6, 6.07) is 9.97. The molecule has 0 saturated carbocycles. The van der Waals surface area contributed by atoms with E-state index < -0.39 is 0 Å². The molecule has 0 fully saturated rings. The maximum Gasteiger partial charge on any atom is 0.130 e. The number of benzene rings is 1. The van der Waals surface area contributed by atoms with E-state index in [0.29, 0.717) is 0 Å². The number of hydrogen-bond acceptors (Lipinski definition) is 2. The first kappa shape index (κ1) is 9.54. The van der Waals surface area contributed by atoms with Gasteiger partial charge in [0.1, 0.15) is 5.40 Å². The van der Waals surface area contributed by atoms with Crippen LogP contribution in [0.2, 0.25) is 0 Å². The summed E-state index contributed by atoms with van der Waals surface area (Å²) in [4.78, 5) is 0. The fourth-order valence-electron chi connectivity index (χ4n) is 0.415. The van der Waals surface area contributed by atoms with Gasteiger partial charge in [0, 0.05) is 4.47 Å². The van der Waals surface area contributed by atoms with Gasteiger partial charge in [-0.3, -0.25) is 0 Å². The standard InChI is InChI=1S/C6H5Br.CHNS/c7-6-4-2-1-3-5-6;2-1-3/h1-5H;3H. The lowest BCUT2D eigenvalue weighted by molar-refractivity contribution is 1.57. The molecule has 0 radical (unpaired) electrons. The number of nitrogens with zero attached hydrogens (tertiary/aromatic N) is 1.